The first-order valence-electron chi connectivity index (χ1n) is 3.02. The maximum atomic E-state index is 12.8. The van der Waals surface area contributed by atoms with Crippen LogP contribution in [0.3, 0.4) is 0 Å². The number of hydrogen-bond acceptors (Lipinski definition) is 3. The fourth-order valence-electron chi connectivity index (χ4n) is 0.940. The Morgan fingerprint density at radius 3 is 3.09 bits per heavy atom. The summed E-state index contributed by atoms with van der Waals surface area (Å²) in [5, 5.41) is 3.75. The van der Waals surface area contributed by atoms with E-state index in [1.165, 1.54) is 23.1 Å². The second kappa shape index (κ2) is 1.91. The summed E-state index contributed by atoms with van der Waals surface area (Å²) in [4.78, 5) is 3.65. The van der Waals surface area contributed by atoms with Crippen LogP contribution in [0, 0.1) is 5.82 Å². The average molecular weight is 152 g/mol. The predicted octanol–water partition coefficient (Wildman–Crippen LogP) is 0.451. The molecule has 0 amide bonds. The second-order valence-corrected chi connectivity index (χ2v) is 2.10. The van der Waals surface area contributed by atoms with Gasteiger partial charge in [0.25, 0.3) is 0 Å². The van der Waals surface area contributed by atoms with E-state index in [-0.39, 0.29) is 11.3 Å². The first-order chi connectivity index (χ1) is 5.29. The van der Waals surface area contributed by atoms with Crippen LogP contribution in [0.4, 0.5) is 10.2 Å². The highest BCUT2D eigenvalue weighted by Crippen LogP contribution is 2.13. The van der Waals surface area contributed by atoms with Crippen LogP contribution in [0.2, 0.25) is 0 Å². The van der Waals surface area contributed by atoms with Gasteiger partial charge in [0.15, 0.2) is 11.6 Å². The zero-order valence-electron chi connectivity index (χ0n) is 5.53. The van der Waals surface area contributed by atoms with Gasteiger partial charge in [-0.3, -0.25) is 0 Å². The van der Waals surface area contributed by atoms with Crippen molar-refractivity contribution in [2.45, 2.75) is 0 Å². The smallest absolute Gasteiger partial charge is 0.154 e. The lowest BCUT2D eigenvalue weighted by atomic mass is 10.5. The number of hydrogen-bond donors (Lipinski definition) is 1. The maximum absolute atomic E-state index is 12.8. The summed E-state index contributed by atoms with van der Waals surface area (Å²) >= 11 is 0. The summed E-state index contributed by atoms with van der Waals surface area (Å²) in [6, 6.07) is 1.29. The first kappa shape index (κ1) is 6.09. The molecular formula is C6H5FN4. The van der Waals surface area contributed by atoms with Crippen molar-refractivity contribution in [3.05, 3.63) is 24.4 Å². The molecular weight excluding hydrogens is 147 g/mol. The molecule has 0 spiro atoms. The van der Waals surface area contributed by atoms with Gasteiger partial charge in [-0.1, -0.05) is 0 Å². The molecule has 0 saturated carbocycles. The SMILES string of the molecule is Nc1ncnn2ccc(F)c12. The molecule has 0 aliphatic carbocycles. The van der Waals surface area contributed by atoms with E-state index in [1.54, 1.807) is 0 Å². The molecule has 4 nitrogen and oxygen atoms in total. The minimum atomic E-state index is -0.400. The van der Waals surface area contributed by atoms with Crippen molar-refractivity contribution < 1.29 is 4.39 Å². The van der Waals surface area contributed by atoms with Crippen LogP contribution in [0.15, 0.2) is 18.6 Å². The Morgan fingerprint density at radius 1 is 1.55 bits per heavy atom. The fourth-order valence-corrected chi connectivity index (χ4v) is 0.940. The lowest BCUT2D eigenvalue weighted by Crippen LogP contribution is -1.98. The molecule has 2 N–H and O–H groups in total. The monoisotopic (exact) mass is 152 g/mol. The van der Waals surface area contributed by atoms with Crippen molar-refractivity contribution >= 4 is 11.3 Å². The van der Waals surface area contributed by atoms with Gasteiger partial charge in [0.05, 0.1) is 0 Å². The summed E-state index contributed by atoms with van der Waals surface area (Å²) in [5.74, 6) is -0.245. The number of anilines is 1. The van der Waals surface area contributed by atoms with E-state index in [1.807, 2.05) is 0 Å². The molecule has 0 saturated heterocycles. The second-order valence-electron chi connectivity index (χ2n) is 2.10. The van der Waals surface area contributed by atoms with Crippen LogP contribution in [0.25, 0.3) is 5.52 Å². The molecule has 0 fully saturated rings. The highest BCUT2D eigenvalue weighted by atomic mass is 19.1. The Bertz CT molecular complexity index is 394. The largest absolute Gasteiger partial charge is 0.382 e. The van der Waals surface area contributed by atoms with Gasteiger partial charge in [-0.25, -0.2) is 13.9 Å². The van der Waals surface area contributed by atoms with E-state index >= 15 is 0 Å². The van der Waals surface area contributed by atoms with Gasteiger partial charge < -0.3 is 5.73 Å². The highest BCUT2D eigenvalue weighted by molar-refractivity contribution is 5.65. The van der Waals surface area contributed by atoms with Crippen LogP contribution < -0.4 is 5.73 Å². The molecule has 2 aromatic heterocycles. The number of halogens is 1. The Labute approximate surface area is 61.5 Å². The third-order valence-corrected chi connectivity index (χ3v) is 1.43. The number of rotatable bonds is 0. The van der Waals surface area contributed by atoms with Crippen LogP contribution in [0.1, 0.15) is 0 Å². The molecule has 0 atom stereocenters. The summed E-state index contributed by atoms with van der Waals surface area (Å²) < 4.78 is 14.2. The van der Waals surface area contributed by atoms with E-state index in [9.17, 15) is 4.39 Å². The molecule has 0 aromatic carbocycles. The zero-order chi connectivity index (χ0) is 7.84. The van der Waals surface area contributed by atoms with Gasteiger partial charge in [-0.2, -0.15) is 5.10 Å². The lowest BCUT2D eigenvalue weighted by molar-refractivity contribution is 0.639. The van der Waals surface area contributed by atoms with Crippen LogP contribution in [0.5, 0.6) is 0 Å². The molecule has 0 bridgehead atoms. The van der Waals surface area contributed by atoms with Gasteiger partial charge in [0.1, 0.15) is 11.8 Å². The molecule has 0 aliphatic rings. The normalized spacial score (nSPS) is 10.6. The summed E-state index contributed by atoms with van der Waals surface area (Å²) in [6.07, 6.45) is 2.77. The topological polar surface area (TPSA) is 56.2 Å². The molecule has 2 heterocycles. The van der Waals surface area contributed by atoms with Crippen molar-refractivity contribution in [3.8, 4) is 0 Å². The standard InChI is InChI=1S/C6H5FN4/c7-4-1-2-11-5(4)6(8)9-3-10-11/h1-3H,(H2,8,9,10). The van der Waals surface area contributed by atoms with Crippen LogP contribution in [-0.2, 0) is 0 Å². The van der Waals surface area contributed by atoms with Crippen molar-refractivity contribution in [2.24, 2.45) is 0 Å². The Balaban J connectivity index is 2.96. The Morgan fingerprint density at radius 2 is 2.36 bits per heavy atom. The fraction of sp³-hybridized carbons (Fsp3) is 0. The Kier molecular flexibility index (Phi) is 1.06. The van der Waals surface area contributed by atoms with E-state index in [0.717, 1.165) is 0 Å². The molecule has 5 heteroatoms. The number of nitrogens with two attached hydrogens (primary N) is 1. The van der Waals surface area contributed by atoms with Gasteiger partial charge >= 0.3 is 0 Å². The molecule has 2 rings (SSSR count). The number of nitrogen functional groups attached to an aromatic ring is 1. The van der Waals surface area contributed by atoms with E-state index < -0.39 is 5.82 Å². The van der Waals surface area contributed by atoms with Gasteiger partial charge in [0, 0.05) is 6.20 Å². The minimum absolute atomic E-state index is 0.155. The van der Waals surface area contributed by atoms with Crippen molar-refractivity contribution in [1.29, 1.82) is 0 Å². The number of aromatic nitrogens is 3. The quantitative estimate of drug-likeness (QED) is 0.596. The molecule has 56 valence electrons. The third-order valence-electron chi connectivity index (χ3n) is 1.43. The molecule has 0 unspecified atom stereocenters. The molecule has 11 heavy (non-hydrogen) atoms. The number of fused-ring (bicyclic) bond motifs is 1. The van der Waals surface area contributed by atoms with Crippen LogP contribution >= 0.6 is 0 Å². The summed E-state index contributed by atoms with van der Waals surface area (Å²) in [6.45, 7) is 0. The first-order valence-corrected chi connectivity index (χ1v) is 3.02. The summed E-state index contributed by atoms with van der Waals surface area (Å²) in [5.41, 5.74) is 5.62. The Hall–Kier alpha value is -1.65. The molecule has 0 aliphatic heterocycles. The van der Waals surface area contributed by atoms with Gasteiger partial charge in [-0.05, 0) is 6.07 Å². The summed E-state index contributed by atoms with van der Waals surface area (Å²) in [7, 11) is 0. The maximum Gasteiger partial charge on any atom is 0.154 e. The van der Waals surface area contributed by atoms with E-state index in [2.05, 4.69) is 10.1 Å². The van der Waals surface area contributed by atoms with Crippen molar-refractivity contribution in [1.82, 2.24) is 14.6 Å². The lowest BCUT2D eigenvalue weighted by Gasteiger charge is -1.94. The highest BCUT2D eigenvalue weighted by Gasteiger charge is 2.05. The third kappa shape index (κ3) is 0.739. The average Bonchev–Trinajstić information content (AvgIpc) is 2.34. The zero-order valence-corrected chi connectivity index (χ0v) is 5.53. The molecule has 0 radical (unpaired) electrons. The van der Waals surface area contributed by atoms with Gasteiger partial charge in [0.2, 0.25) is 0 Å². The number of nitrogens with zero attached hydrogens (tertiary/aromatic N) is 3. The van der Waals surface area contributed by atoms with E-state index in [0.29, 0.717) is 0 Å². The predicted molar refractivity (Wildman–Crippen MR) is 37.4 cm³/mol. The van der Waals surface area contributed by atoms with Crippen LogP contribution in [-0.4, -0.2) is 14.6 Å². The van der Waals surface area contributed by atoms with Gasteiger partial charge in [-0.15, -0.1) is 0 Å². The van der Waals surface area contributed by atoms with E-state index in [4.69, 9.17) is 5.73 Å². The minimum Gasteiger partial charge on any atom is -0.382 e. The van der Waals surface area contributed by atoms with Crippen molar-refractivity contribution in [2.75, 3.05) is 5.73 Å². The molecule has 2 aromatic rings. The van der Waals surface area contributed by atoms with Crippen molar-refractivity contribution in [3.63, 3.8) is 0 Å².